The second-order valence-corrected chi connectivity index (χ2v) is 8.61. The van der Waals surface area contributed by atoms with Crippen LogP contribution in [0, 0.1) is 5.92 Å². The molecule has 2 aliphatic heterocycles. The molecule has 1 saturated heterocycles. The number of fused-ring (bicyclic) bond motifs is 1. The topological polar surface area (TPSA) is 61.9 Å². The van der Waals surface area contributed by atoms with Gasteiger partial charge in [-0.2, -0.15) is 0 Å². The van der Waals surface area contributed by atoms with E-state index in [1.54, 1.807) is 0 Å². The molecule has 2 aliphatic rings. The van der Waals surface area contributed by atoms with Crippen molar-refractivity contribution in [2.75, 3.05) is 31.1 Å². The summed E-state index contributed by atoms with van der Waals surface area (Å²) in [5.74, 6) is 1.08. The number of hydrogen-bond acceptors (Lipinski definition) is 3. The Labute approximate surface area is 184 Å². The molecule has 2 heterocycles. The number of carbonyl (C=O) groups excluding carboxylic acids is 2. The van der Waals surface area contributed by atoms with Crippen LogP contribution in [0.25, 0.3) is 0 Å². The van der Waals surface area contributed by atoms with E-state index in [1.165, 1.54) is 5.56 Å². The monoisotopic (exact) mass is 421 g/mol. The first-order valence-electron chi connectivity index (χ1n) is 11.2. The van der Waals surface area contributed by atoms with E-state index >= 15 is 0 Å². The lowest BCUT2D eigenvalue weighted by molar-refractivity contribution is -0.126. The number of ether oxygens (including phenoxy) is 1. The third-order valence-electron chi connectivity index (χ3n) is 6.24. The molecule has 0 spiro atoms. The molecule has 1 fully saturated rings. The molecular formula is C25H31N3O3. The highest BCUT2D eigenvalue weighted by Gasteiger charge is 2.33. The summed E-state index contributed by atoms with van der Waals surface area (Å²) < 4.78 is 5.86. The van der Waals surface area contributed by atoms with E-state index in [9.17, 15) is 9.59 Å². The highest BCUT2D eigenvalue weighted by molar-refractivity contribution is 5.94. The lowest BCUT2D eigenvalue weighted by Crippen LogP contribution is -2.52. The first kappa shape index (κ1) is 21.2. The maximum atomic E-state index is 13.2. The van der Waals surface area contributed by atoms with Crippen LogP contribution >= 0.6 is 0 Å². The Morgan fingerprint density at radius 2 is 1.74 bits per heavy atom. The number of para-hydroxylation sites is 2. The van der Waals surface area contributed by atoms with Crippen LogP contribution in [-0.4, -0.2) is 49.1 Å². The fourth-order valence-electron chi connectivity index (χ4n) is 4.37. The number of piperidine rings is 1. The Morgan fingerprint density at radius 3 is 2.48 bits per heavy atom. The van der Waals surface area contributed by atoms with E-state index in [2.05, 4.69) is 24.4 Å². The number of anilines is 1. The number of benzene rings is 2. The Morgan fingerprint density at radius 1 is 1.06 bits per heavy atom. The maximum Gasteiger partial charge on any atom is 0.324 e. The number of nitrogens with one attached hydrogen (secondary N) is 1. The van der Waals surface area contributed by atoms with Gasteiger partial charge in [-0.3, -0.25) is 9.69 Å². The van der Waals surface area contributed by atoms with E-state index in [4.69, 9.17) is 4.74 Å². The van der Waals surface area contributed by atoms with Gasteiger partial charge in [-0.15, -0.1) is 0 Å². The van der Waals surface area contributed by atoms with Crippen molar-refractivity contribution < 1.29 is 14.3 Å². The number of urea groups is 1. The van der Waals surface area contributed by atoms with Gasteiger partial charge in [-0.1, -0.05) is 49.4 Å². The van der Waals surface area contributed by atoms with Gasteiger partial charge in [0.1, 0.15) is 11.9 Å². The molecule has 6 heteroatoms. The van der Waals surface area contributed by atoms with Gasteiger partial charge in [-0.05, 0) is 43.4 Å². The number of amides is 3. The zero-order valence-corrected chi connectivity index (χ0v) is 18.3. The summed E-state index contributed by atoms with van der Waals surface area (Å²) in [6.45, 7) is 6.46. The SMILES string of the molecule is C[C@@H]1CN(C(=O)N2CCC(C(=O)NC[C@@H](C)c3ccccc3)CC2)c2ccccc2O1. The molecule has 2 atom stereocenters. The zero-order valence-electron chi connectivity index (χ0n) is 18.3. The molecule has 0 aliphatic carbocycles. The molecule has 2 aromatic carbocycles. The second-order valence-electron chi connectivity index (χ2n) is 8.61. The minimum absolute atomic E-state index is 0.000780. The molecule has 164 valence electrons. The van der Waals surface area contributed by atoms with Gasteiger partial charge in [0.25, 0.3) is 0 Å². The van der Waals surface area contributed by atoms with Gasteiger partial charge in [0.05, 0.1) is 12.2 Å². The Balaban J connectivity index is 1.29. The van der Waals surface area contributed by atoms with Crippen molar-refractivity contribution in [2.24, 2.45) is 5.92 Å². The first-order chi connectivity index (χ1) is 15.0. The summed E-state index contributed by atoms with van der Waals surface area (Å²) in [6.07, 6.45) is 1.34. The van der Waals surface area contributed by atoms with Gasteiger partial charge in [0, 0.05) is 25.6 Å². The van der Waals surface area contributed by atoms with Gasteiger partial charge in [-0.25, -0.2) is 4.79 Å². The Hall–Kier alpha value is -3.02. The third kappa shape index (κ3) is 4.84. The smallest absolute Gasteiger partial charge is 0.324 e. The van der Waals surface area contributed by atoms with Gasteiger partial charge >= 0.3 is 6.03 Å². The molecule has 6 nitrogen and oxygen atoms in total. The summed E-state index contributed by atoms with van der Waals surface area (Å²) in [7, 11) is 0. The van der Waals surface area contributed by atoms with E-state index < -0.39 is 0 Å². The van der Waals surface area contributed by atoms with E-state index in [1.807, 2.05) is 59.2 Å². The van der Waals surface area contributed by atoms with Crippen molar-refractivity contribution in [1.82, 2.24) is 10.2 Å². The van der Waals surface area contributed by atoms with Gasteiger partial charge in [0.15, 0.2) is 0 Å². The summed E-state index contributed by atoms with van der Waals surface area (Å²) >= 11 is 0. The summed E-state index contributed by atoms with van der Waals surface area (Å²) in [5.41, 5.74) is 2.05. The summed E-state index contributed by atoms with van der Waals surface area (Å²) in [4.78, 5) is 29.6. The van der Waals surface area contributed by atoms with E-state index in [0.29, 0.717) is 39.0 Å². The average Bonchev–Trinajstić information content (AvgIpc) is 2.82. The summed E-state index contributed by atoms with van der Waals surface area (Å²) in [5, 5.41) is 3.11. The van der Waals surface area contributed by atoms with Crippen molar-refractivity contribution in [3.63, 3.8) is 0 Å². The summed E-state index contributed by atoms with van der Waals surface area (Å²) in [6, 6.07) is 17.9. The van der Waals surface area contributed by atoms with E-state index in [-0.39, 0.29) is 29.9 Å². The predicted molar refractivity (Wildman–Crippen MR) is 121 cm³/mol. The quantitative estimate of drug-likeness (QED) is 0.811. The molecular weight excluding hydrogens is 390 g/mol. The average molecular weight is 422 g/mol. The molecule has 2 aromatic rings. The molecule has 3 amide bonds. The number of nitrogens with zero attached hydrogens (tertiary/aromatic N) is 2. The zero-order chi connectivity index (χ0) is 21.8. The maximum absolute atomic E-state index is 13.2. The fraction of sp³-hybridized carbons (Fsp3) is 0.440. The van der Waals surface area contributed by atoms with Crippen LogP contribution in [0.5, 0.6) is 5.75 Å². The van der Waals surface area contributed by atoms with Gasteiger partial charge < -0.3 is 15.0 Å². The Bertz CT molecular complexity index is 909. The highest BCUT2D eigenvalue weighted by atomic mass is 16.5. The molecule has 0 aromatic heterocycles. The minimum Gasteiger partial charge on any atom is -0.487 e. The van der Waals surface area contributed by atoms with Crippen LogP contribution in [0.1, 0.15) is 38.2 Å². The van der Waals surface area contributed by atoms with E-state index in [0.717, 1.165) is 11.4 Å². The number of rotatable bonds is 4. The van der Waals surface area contributed by atoms with Crippen LogP contribution in [0.4, 0.5) is 10.5 Å². The largest absolute Gasteiger partial charge is 0.487 e. The van der Waals surface area contributed by atoms with Crippen LogP contribution in [0.15, 0.2) is 54.6 Å². The third-order valence-corrected chi connectivity index (χ3v) is 6.24. The van der Waals surface area contributed by atoms with Crippen LogP contribution < -0.4 is 15.0 Å². The van der Waals surface area contributed by atoms with Crippen molar-refractivity contribution in [3.8, 4) is 5.75 Å². The molecule has 0 saturated carbocycles. The normalized spacial score (nSPS) is 19.9. The van der Waals surface area contributed by atoms with Gasteiger partial charge in [0.2, 0.25) is 5.91 Å². The lowest BCUT2D eigenvalue weighted by Gasteiger charge is -2.39. The lowest BCUT2D eigenvalue weighted by atomic mass is 9.95. The molecule has 0 radical (unpaired) electrons. The van der Waals surface area contributed by atoms with Crippen LogP contribution in [0.3, 0.4) is 0 Å². The van der Waals surface area contributed by atoms with Crippen molar-refractivity contribution in [3.05, 3.63) is 60.2 Å². The molecule has 0 unspecified atom stereocenters. The Kier molecular flexibility index (Phi) is 6.44. The van der Waals surface area contributed by atoms with Crippen molar-refractivity contribution >= 4 is 17.6 Å². The van der Waals surface area contributed by atoms with Crippen LogP contribution in [0.2, 0.25) is 0 Å². The molecule has 0 bridgehead atoms. The van der Waals surface area contributed by atoms with Crippen molar-refractivity contribution in [1.29, 1.82) is 0 Å². The molecule has 1 N–H and O–H groups in total. The highest BCUT2D eigenvalue weighted by Crippen LogP contribution is 2.34. The molecule has 31 heavy (non-hydrogen) atoms. The second kappa shape index (κ2) is 9.41. The fourth-order valence-corrected chi connectivity index (χ4v) is 4.37. The number of likely N-dealkylation sites (tertiary alicyclic amines) is 1. The van der Waals surface area contributed by atoms with Crippen LogP contribution in [-0.2, 0) is 4.79 Å². The predicted octanol–water partition coefficient (Wildman–Crippen LogP) is 4.03. The standard InChI is InChI=1S/C25H31N3O3/c1-18(20-8-4-3-5-9-20)16-26-24(29)21-12-14-27(15-13-21)25(30)28-17-19(2)31-23-11-7-6-10-22(23)28/h3-11,18-19,21H,12-17H2,1-2H3,(H,26,29)/t18-,19-/m1/s1. The number of carbonyl (C=O) groups is 2. The van der Waals surface area contributed by atoms with Crippen molar-refractivity contribution in [2.45, 2.75) is 38.7 Å². The number of hydrogen-bond donors (Lipinski definition) is 1. The molecule has 4 rings (SSSR count). The first-order valence-corrected chi connectivity index (χ1v) is 11.2. The minimum atomic E-state index is -0.0474.